The van der Waals surface area contributed by atoms with E-state index in [-0.39, 0.29) is 40.5 Å². The number of hydrogen-bond acceptors (Lipinski definition) is 11. The van der Waals surface area contributed by atoms with Gasteiger partial charge in [-0.25, -0.2) is 4.79 Å². The van der Waals surface area contributed by atoms with Gasteiger partial charge in [0.05, 0.1) is 12.7 Å². The van der Waals surface area contributed by atoms with Crippen molar-refractivity contribution in [1.29, 1.82) is 0 Å². The van der Waals surface area contributed by atoms with Crippen LogP contribution >= 0.6 is 0 Å². The number of methoxy groups -OCH3 is 1. The minimum Gasteiger partial charge on any atom is -0.508 e. The van der Waals surface area contributed by atoms with E-state index in [1.54, 1.807) is 6.08 Å². The molecule has 0 spiro atoms. The minimum atomic E-state index is -1.95. The van der Waals surface area contributed by atoms with E-state index < -0.39 is 54.6 Å². The Bertz CT molecular complexity index is 1230. The highest BCUT2D eigenvalue weighted by Gasteiger charge is 2.48. The summed E-state index contributed by atoms with van der Waals surface area (Å²) in [6, 6.07) is 4.54. The van der Waals surface area contributed by atoms with E-state index in [4.69, 9.17) is 14.2 Å². The number of aliphatic carboxylic acids is 1. The van der Waals surface area contributed by atoms with Gasteiger partial charge in [0.15, 0.2) is 11.9 Å². The maximum absolute atomic E-state index is 13.2. The number of ketones is 1. The first-order chi connectivity index (χ1) is 17.8. The fraction of sp³-hybridized carbons (Fsp3) is 0.385. The molecular formula is C26H30O12. The lowest BCUT2D eigenvalue weighted by atomic mass is 9.96. The zero-order chi connectivity index (χ0) is 28.3. The lowest BCUT2D eigenvalue weighted by Gasteiger charge is -2.38. The molecule has 2 aromatic rings. The molecule has 7 N–H and O–H groups in total. The van der Waals surface area contributed by atoms with Crippen molar-refractivity contribution in [2.75, 3.05) is 7.11 Å². The average Bonchev–Trinajstić information content (AvgIpc) is 2.84. The number of carbonyl (C=O) groups excluding carboxylic acids is 1. The van der Waals surface area contributed by atoms with Crippen LogP contribution in [0.3, 0.4) is 0 Å². The SMILES string of the molecule is COc1c(CC=C(C)C)c(O)cc(OC2OC(C(=O)O)C(O)C(O)C2O)c1CC(=O)c1ccc(O)cc1O. The molecule has 5 atom stereocenters. The van der Waals surface area contributed by atoms with Crippen LogP contribution in [0.5, 0.6) is 28.7 Å². The highest BCUT2D eigenvalue weighted by Crippen LogP contribution is 2.42. The Kier molecular flexibility index (Phi) is 8.84. The van der Waals surface area contributed by atoms with Crippen molar-refractivity contribution in [3.63, 3.8) is 0 Å². The predicted octanol–water partition coefficient (Wildman–Crippen LogP) is 1.02. The number of phenolic OH excluding ortho intramolecular Hbond substituents is 3. The number of phenols is 3. The number of hydrogen-bond donors (Lipinski definition) is 7. The molecule has 0 amide bonds. The van der Waals surface area contributed by atoms with Gasteiger partial charge in [-0.15, -0.1) is 0 Å². The Morgan fingerprint density at radius 1 is 0.974 bits per heavy atom. The van der Waals surface area contributed by atoms with Crippen molar-refractivity contribution >= 4 is 11.8 Å². The molecule has 1 saturated heterocycles. The molecule has 12 heteroatoms. The third-order valence-corrected chi connectivity index (χ3v) is 6.02. The fourth-order valence-corrected chi connectivity index (χ4v) is 4.02. The zero-order valence-electron chi connectivity index (χ0n) is 20.9. The number of carbonyl (C=O) groups is 2. The maximum Gasteiger partial charge on any atom is 0.335 e. The monoisotopic (exact) mass is 534 g/mol. The van der Waals surface area contributed by atoms with Crippen molar-refractivity contribution < 1.29 is 59.5 Å². The summed E-state index contributed by atoms with van der Waals surface area (Å²) in [6.07, 6.45) is -8.00. The van der Waals surface area contributed by atoms with E-state index in [1.165, 1.54) is 19.2 Å². The van der Waals surface area contributed by atoms with Gasteiger partial charge in [-0.1, -0.05) is 11.6 Å². The lowest BCUT2D eigenvalue weighted by molar-refractivity contribution is -0.271. The smallest absolute Gasteiger partial charge is 0.335 e. The fourth-order valence-electron chi connectivity index (χ4n) is 4.02. The third kappa shape index (κ3) is 6.00. The summed E-state index contributed by atoms with van der Waals surface area (Å²) in [4.78, 5) is 24.6. The van der Waals surface area contributed by atoms with Crippen LogP contribution in [0.2, 0.25) is 0 Å². The number of allylic oxidation sites excluding steroid dienone is 2. The number of ether oxygens (including phenoxy) is 3. The average molecular weight is 535 g/mol. The molecule has 0 saturated carbocycles. The van der Waals surface area contributed by atoms with Crippen LogP contribution in [0.25, 0.3) is 0 Å². The molecule has 5 unspecified atom stereocenters. The molecule has 206 valence electrons. The normalized spacial score (nSPS) is 22.9. The second kappa shape index (κ2) is 11.7. The molecule has 1 fully saturated rings. The van der Waals surface area contributed by atoms with Crippen molar-refractivity contribution in [1.82, 2.24) is 0 Å². The maximum atomic E-state index is 13.2. The predicted molar refractivity (Wildman–Crippen MR) is 131 cm³/mol. The first-order valence-corrected chi connectivity index (χ1v) is 11.5. The first kappa shape index (κ1) is 28.7. The number of carboxylic acid groups (broad SMARTS) is 1. The first-order valence-electron chi connectivity index (χ1n) is 11.5. The van der Waals surface area contributed by atoms with Gasteiger partial charge in [0, 0.05) is 29.7 Å². The van der Waals surface area contributed by atoms with Crippen molar-refractivity contribution in [2.45, 2.75) is 57.4 Å². The lowest BCUT2D eigenvalue weighted by Crippen LogP contribution is -2.61. The number of aromatic hydroxyl groups is 3. The topological polar surface area (TPSA) is 203 Å². The van der Waals surface area contributed by atoms with Gasteiger partial charge in [0.2, 0.25) is 6.29 Å². The van der Waals surface area contributed by atoms with Crippen LogP contribution in [-0.2, 0) is 22.4 Å². The van der Waals surface area contributed by atoms with E-state index >= 15 is 0 Å². The zero-order valence-corrected chi connectivity index (χ0v) is 20.9. The van der Waals surface area contributed by atoms with Crippen LogP contribution < -0.4 is 9.47 Å². The molecule has 38 heavy (non-hydrogen) atoms. The largest absolute Gasteiger partial charge is 0.508 e. The van der Waals surface area contributed by atoms with Crippen LogP contribution in [0.4, 0.5) is 0 Å². The number of aliphatic hydroxyl groups excluding tert-OH is 3. The Morgan fingerprint density at radius 3 is 2.24 bits per heavy atom. The van der Waals surface area contributed by atoms with Crippen LogP contribution in [0.1, 0.15) is 35.3 Å². The highest BCUT2D eigenvalue weighted by atomic mass is 16.7. The molecule has 0 radical (unpaired) electrons. The minimum absolute atomic E-state index is 0.0461. The second-order valence-electron chi connectivity index (χ2n) is 9.02. The number of carboxylic acids is 1. The summed E-state index contributed by atoms with van der Waals surface area (Å²) in [7, 11) is 1.29. The Hall–Kier alpha value is -3.84. The molecule has 0 bridgehead atoms. The van der Waals surface area contributed by atoms with Gasteiger partial charge in [-0.2, -0.15) is 0 Å². The van der Waals surface area contributed by atoms with E-state index in [0.717, 1.165) is 17.7 Å². The Morgan fingerprint density at radius 2 is 1.66 bits per heavy atom. The Labute approximate surface area is 217 Å². The molecule has 1 aliphatic heterocycles. The van der Waals surface area contributed by atoms with Gasteiger partial charge in [0.1, 0.15) is 47.1 Å². The van der Waals surface area contributed by atoms with Gasteiger partial charge >= 0.3 is 5.97 Å². The van der Waals surface area contributed by atoms with E-state index in [0.29, 0.717) is 5.56 Å². The van der Waals surface area contributed by atoms with Gasteiger partial charge in [0.25, 0.3) is 0 Å². The molecular weight excluding hydrogens is 504 g/mol. The standard InChI is InChI=1S/C26H30O12/c1-11(2)4-6-14-18(30)10-19(37-26-22(33)20(31)21(32)24(38-26)25(34)35)15(23(14)36-3)9-17(29)13-7-5-12(27)8-16(13)28/h4-5,7-8,10,20-22,24,26-28,30-33H,6,9H2,1-3H3,(H,34,35). The quantitative estimate of drug-likeness (QED) is 0.178. The van der Waals surface area contributed by atoms with Gasteiger partial charge < -0.3 is 50.0 Å². The molecule has 1 aliphatic rings. The second-order valence-corrected chi connectivity index (χ2v) is 9.02. The van der Waals surface area contributed by atoms with Gasteiger partial charge in [-0.05, 0) is 32.4 Å². The Balaban J connectivity index is 2.10. The van der Waals surface area contributed by atoms with Gasteiger partial charge in [-0.3, -0.25) is 4.79 Å². The number of Topliss-reactive ketones (excluding diaryl/α,β-unsaturated/α-hetero) is 1. The summed E-state index contributed by atoms with van der Waals surface area (Å²) in [5, 5.41) is 70.3. The van der Waals surface area contributed by atoms with Crippen molar-refractivity contribution in [3.8, 4) is 28.7 Å². The highest BCUT2D eigenvalue weighted by molar-refractivity contribution is 6.00. The van der Waals surface area contributed by atoms with Crippen LogP contribution in [-0.4, -0.2) is 85.3 Å². The molecule has 12 nitrogen and oxygen atoms in total. The van der Waals surface area contributed by atoms with E-state index in [2.05, 4.69) is 0 Å². The van der Waals surface area contributed by atoms with E-state index in [1.807, 2.05) is 13.8 Å². The number of benzene rings is 2. The summed E-state index contributed by atoms with van der Waals surface area (Å²) in [5.74, 6) is -3.49. The molecule has 2 aromatic carbocycles. The summed E-state index contributed by atoms with van der Waals surface area (Å²) >= 11 is 0. The van der Waals surface area contributed by atoms with Crippen molar-refractivity contribution in [2.24, 2.45) is 0 Å². The van der Waals surface area contributed by atoms with Crippen LogP contribution in [0.15, 0.2) is 35.9 Å². The molecule has 3 rings (SSSR count). The summed E-state index contributed by atoms with van der Waals surface area (Å²) in [5.41, 5.74) is 1.16. The third-order valence-electron chi connectivity index (χ3n) is 6.02. The summed E-state index contributed by atoms with van der Waals surface area (Å²) in [6.45, 7) is 3.69. The molecule has 1 heterocycles. The van der Waals surface area contributed by atoms with Crippen LogP contribution in [0, 0.1) is 0 Å². The molecule has 0 aliphatic carbocycles. The van der Waals surface area contributed by atoms with E-state index in [9.17, 15) is 45.3 Å². The van der Waals surface area contributed by atoms with Crippen molar-refractivity contribution in [3.05, 3.63) is 52.6 Å². The molecule has 0 aromatic heterocycles. The number of aliphatic hydroxyl groups is 3. The number of rotatable bonds is 9. The summed E-state index contributed by atoms with van der Waals surface area (Å²) < 4.78 is 16.4.